The fraction of sp³-hybridized carbons (Fsp3) is 0.739. The van der Waals surface area contributed by atoms with Crippen LogP contribution in [0.1, 0.15) is 65.2 Å². The Morgan fingerprint density at radius 2 is 1.57 bits per heavy atom. The van der Waals surface area contributed by atoms with E-state index < -0.39 is 66.5 Å². The maximum Gasteiger partial charge on any atom is 0.328 e. The molecule has 0 aromatic carbocycles. The van der Waals surface area contributed by atoms with Crippen molar-refractivity contribution in [1.29, 1.82) is 0 Å². The number of methoxy groups -OCH3 is 2. The summed E-state index contributed by atoms with van der Waals surface area (Å²) in [6, 6.07) is -6.05. The van der Waals surface area contributed by atoms with E-state index in [1.165, 1.54) is 14.0 Å². The second kappa shape index (κ2) is 18.8. The van der Waals surface area contributed by atoms with Crippen molar-refractivity contribution in [2.24, 2.45) is 5.73 Å². The Labute approximate surface area is 218 Å². The van der Waals surface area contributed by atoms with Gasteiger partial charge in [-0.25, -0.2) is 14.4 Å². The first-order valence-electron chi connectivity index (χ1n) is 12.6. The third kappa shape index (κ3) is 14.7. The summed E-state index contributed by atoms with van der Waals surface area (Å²) in [5.74, 6) is -4.14. The first kappa shape index (κ1) is 31.6. The molecule has 0 fully saturated rings. The SMILES string of the molecule is [2H]N(C(=O)NCC(NC(=O)CCCCCC)C(=O)O)[C@@H](CCCC(N)C(=O)OC)C(=O)N[C@@H](C)C(=O)OC. The van der Waals surface area contributed by atoms with Crippen LogP contribution >= 0.6 is 0 Å². The number of aliphatic carboxylic acids is 1. The molecule has 2 unspecified atom stereocenters. The van der Waals surface area contributed by atoms with Crippen LogP contribution in [0.4, 0.5) is 4.79 Å². The van der Waals surface area contributed by atoms with Crippen LogP contribution in [0.2, 0.25) is 1.41 Å². The third-order valence-electron chi connectivity index (χ3n) is 5.33. The van der Waals surface area contributed by atoms with E-state index in [1.54, 1.807) is 0 Å². The molecular formula is C23H41N5O9. The number of hydrogen-bond acceptors (Lipinski definition) is 9. The van der Waals surface area contributed by atoms with Crippen molar-refractivity contribution < 1.29 is 44.8 Å². The first-order valence-corrected chi connectivity index (χ1v) is 12.2. The summed E-state index contributed by atoms with van der Waals surface area (Å²) in [7, 11) is 2.30. The van der Waals surface area contributed by atoms with Gasteiger partial charge in [-0.2, -0.15) is 0 Å². The summed E-state index contributed by atoms with van der Waals surface area (Å²) < 4.78 is 17.3. The van der Waals surface area contributed by atoms with Gasteiger partial charge in [-0.15, -0.1) is 0 Å². The highest BCUT2D eigenvalue weighted by Gasteiger charge is 2.26. The average molecular weight is 533 g/mol. The molecule has 0 aliphatic rings. The van der Waals surface area contributed by atoms with E-state index in [0.717, 1.165) is 26.4 Å². The van der Waals surface area contributed by atoms with E-state index >= 15 is 0 Å². The highest BCUT2D eigenvalue weighted by atomic mass is 16.5. The summed E-state index contributed by atoms with van der Waals surface area (Å²) >= 11 is 0. The van der Waals surface area contributed by atoms with Crippen LogP contribution in [0.3, 0.4) is 0 Å². The first-order chi connectivity index (χ1) is 17.9. The number of nitrogens with two attached hydrogens (primary N) is 1. The number of nitrogens with one attached hydrogen (secondary N) is 4. The fourth-order valence-electron chi connectivity index (χ4n) is 3.16. The molecule has 0 heterocycles. The summed E-state index contributed by atoms with van der Waals surface area (Å²) in [4.78, 5) is 72.2. The van der Waals surface area contributed by atoms with Crippen LogP contribution in [0.15, 0.2) is 0 Å². The number of carboxylic acids is 1. The van der Waals surface area contributed by atoms with Crippen molar-refractivity contribution >= 4 is 35.8 Å². The third-order valence-corrected chi connectivity index (χ3v) is 5.33. The van der Waals surface area contributed by atoms with E-state index in [-0.39, 0.29) is 25.7 Å². The molecule has 4 amide bonds. The largest absolute Gasteiger partial charge is 0.480 e. The number of urea groups is 1. The molecule has 37 heavy (non-hydrogen) atoms. The lowest BCUT2D eigenvalue weighted by molar-refractivity contribution is -0.145. The van der Waals surface area contributed by atoms with Crippen LogP contribution in [0, 0.1) is 0 Å². The Hall–Kier alpha value is -3.42. The molecule has 0 spiro atoms. The molecule has 0 saturated heterocycles. The van der Waals surface area contributed by atoms with Crippen LogP contribution in [-0.4, -0.2) is 85.8 Å². The lowest BCUT2D eigenvalue weighted by Crippen LogP contribution is -2.55. The van der Waals surface area contributed by atoms with Gasteiger partial charge in [0.05, 0.1) is 20.8 Å². The van der Waals surface area contributed by atoms with E-state index in [4.69, 9.17) is 7.15 Å². The van der Waals surface area contributed by atoms with Crippen molar-refractivity contribution in [2.75, 3.05) is 20.8 Å². The fourth-order valence-corrected chi connectivity index (χ4v) is 3.16. The van der Waals surface area contributed by atoms with Gasteiger partial charge in [0.25, 0.3) is 0 Å². The number of carbonyl (C=O) groups excluding carboxylic acids is 5. The van der Waals surface area contributed by atoms with Gasteiger partial charge in [0.1, 0.15) is 24.2 Å². The number of esters is 2. The predicted octanol–water partition coefficient (Wildman–Crippen LogP) is -0.458. The second-order valence-corrected chi connectivity index (χ2v) is 8.41. The molecule has 212 valence electrons. The zero-order chi connectivity index (χ0) is 29.3. The number of carbonyl (C=O) groups is 6. The van der Waals surface area contributed by atoms with Gasteiger partial charge in [-0.05, 0) is 32.6 Å². The van der Waals surface area contributed by atoms with E-state index in [2.05, 4.69) is 25.4 Å². The Bertz CT molecular complexity index is 814. The second-order valence-electron chi connectivity index (χ2n) is 8.41. The Kier molecular flexibility index (Phi) is 16.1. The number of ether oxygens (including phenoxy) is 2. The normalized spacial score (nSPS) is 14.1. The van der Waals surface area contributed by atoms with Gasteiger partial charge < -0.3 is 41.6 Å². The highest BCUT2D eigenvalue weighted by molar-refractivity contribution is 5.90. The van der Waals surface area contributed by atoms with Crippen LogP contribution in [-0.2, 0) is 33.4 Å². The molecule has 4 atom stereocenters. The van der Waals surface area contributed by atoms with Gasteiger partial charge in [0.2, 0.25) is 11.8 Å². The predicted molar refractivity (Wildman–Crippen MR) is 132 cm³/mol. The molecule has 7 N–H and O–H groups in total. The smallest absolute Gasteiger partial charge is 0.328 e. The standard InChI is InChI=1S/C23H41N5O9/c1-5-6-7-8-12-18(29)27-17(20(31)32)13-25-23(35)28-16(11-9-10-15(24)22(34)37-4)19(30)26-14(2)21(33)36-3/h14-17H,5-13,24H2,1-4H3,(H,26,30)(H,27,29)(H,31,32)(H2,25,28,35)/t14-,15?,16-,17?/m0/s1/i/hD. The van der Waals surface area contributed by atoms with E-state index in [9.17, 15) is 33.9 Å². The Balaban J connectivity index is 5.27. The topological polar surface area (TPSA) is 215 Å². The van der Waals surface area contributed by atoms with Crippen molar-refractivity contribution in [3.63, 3.8) is 0 Å². The molecule has 0 saturated carbocycles. The maximum absolute atomic E-state index is 12.8. The molecular weight excluding hydrogens is 490 g/mol. The van der Waals surface area contributed by atoms with Crippen molar-refractivity contribution in [3.8, 4) is 0 Å². The molecule has 14 nitrogen and oxygen atoms in total. The van der Waals surface area contributed by atoms with Crippen LogP contribution in [0.5, 0.6) is 0 Å². The minimum absolute atomic E-state index is 0.0871. The number of amides is 4. The van der Waals surface area contributed by atoms with Gasteiger partial charge in [0.15, 0.2) is 1.41 Å². The molecule has 0 aliphatic carbocycles. The minimum Gasteiger partial charge on any atom is -0.480 e. The highest BCUT2D eigenvalue weighted by Crippen LogP contribution is 2.06. The molecule has 0 aromatic rings. The molecule has 0 bridgehead atoms. The quantitative estimate of drug-likeness (QED) is 0.0986. The zero-order valence-electron chi connectivity index (χ0n) is 22.9. The molecule has 0 rings (SSSR count). The zero-order valence-corrected chi connectivity index (χ0v) is 21.9. The number of unbranched alkanes of at least 4 members (excludes halogenated alkanes) is 3. The van der Waals surface area contributed by atoms with Gasteiger partial charge in [0, 0.05) is 6.42 Å². The van der Waals surface area contributed by atoms with E-state index in [0.29, 0.717) is 11.7 Å². The molecule has 0 radical (unpaired) electrons. The summed E-state index contributed by atoms with van der Waals surface area (Å²) in [5.41, 5.74) is 5.69. The number of carboxylic acid groups (broad SMARTS) is 1. The van der Waals surface area contributed by atoms with Crippen LogP contribution in [0.25, 0.3) is 0 Å². The molecule has 0 aromatic heterocycles. The average Bonchev–Trinajstić information content (AvgIpc) is 2.89. The van der Waals surface area contributed by atoms with Crippen molar-refractivity contribution in [2.45, 2.75) is 89.4 Å². The van der Waals surface area contributed by atoms with Gasteiger partial charge in [-0.3, -0.25) is 14.4 Å². The van der Waals surface area contributed by atoms with Gasteiger partial charge >= 0.3 is 23.9 Å². The van der Waals surface area contributed by atoms with Gasteiger partial charge in [-0.1, -0.05) is 26.2 Å². The number of rotatable bonds is 18. The summed E-state index contributed by atoms with van der Waals surface area (Å²) in [6.07, 6.45) is 3.60. The van der Waals surface area contributed by atoms with Crippen molar-refractivity contribution in [3.05, 3.63) is 0 Å². The monoisotopic (exact) mass is 532 g/mol. The maximum atomic E-state index is 12.8. The minimum atomic E-state index is -1.45. The summed E-state index contributed by atoms with van der Waals surface area (Å²) in [5, 5.41) is 16.6. The lowest BCUT2D eigenvalue weighted by Gasteiger charge is -2.22. The van der Waals surface area contributed by atoms with Crippen LogP contribution < -0.4 is 27.0 Å². The van der Waals surface area contributed by atoms with Crippen molar-refractivity contribution in [1.82, 2.24) is 21.3 Å². The molecule has 14 heteroatoms. The number of hydrogen-bond donors (Lipinski definition) is 6. The summed E-state index contributed by atoms with van der Waals surface area (Å²) in [6.45, 7) is 2.83. The van der Waals surface area contributed by atoms with E-state index in [1.807, 2.05) is 6.92 Å². The lowest BCUT2D eigenvalue weighted by atomic mass is 10.0. The Morgan fingerprint density at radius 3 is 2.14 bits per heavy atom. The molecule has 0 aliphatic heterocycles. The Morgan fingerprint density at radius 1 is 0.919 bits per heavy atom.